The summed E-state index contributed by atoms with van der Waals surface area (Å²) in [5.74, 6) is 0.736. The SMILES string of the molecule is COc1cccc(NC(=O)Cn2c(=O)n(-c3ccc(C)cc3)c(=O)c3c2c2cc(OC)ccc2n3C)c1. The Labute approximate surface area is 212 Å². The molecule has 0 radical (unpaired) electrons. The first-order valence-corrected chi connectivity index (χ1v) is 11.7. The summed E-state index contributed by atoms with van der Waals surface area (Å²) in [5, 5.41) is 3.45. The number of carbonyl (C=O) groups is 1. The van der Waals surface area contributed by atoms with Crippen LogP contribution in [0.25, 0.3) is 27.6 Å². The van der Waals surface area contributed by atoms with Crippen LogP contribution in [0, 0.1) is 6.92 Å². The number of amides is 1. The molecule has 5 aromatic rings. The first-order chi connectivity index (χ1) is 17.8. The van der Waals surface area contributed by atoms with Crippen molar-refractivity contribution < 1.29 is 14.3 Å². The molecule has 0 saturated carbocycles. The molecule has 0 atom stereocenters. The molecule has 1 amide bonds. The summed E-state index contributed by atoms with van der Waals surface area (Å²) in [6.07, 6.45) is 0. The number of fused-ring (bicyclic) bond motifs is 3. The summed E-state index contributed by atoms with van der Waals surface area (Å²) in [6.45, 7) is 1.61. The number of nitrogens with zero attached hydrogens (tertiary/aromatic N) is 3. The number of benzene rings is 3. The summed E-state index contributed by atoms with van der Waals surface area (Å²) in [6, 6.07) is 19.4. The van der Waals surface area contributed by atoms with Gasteiger partial charge in [0.05, 0.1) is 30.9 Å². The van der Waals surface area contributed by atoms with Crippen LogP contribution in [-0.2, 0) is 18.4 Å². The van der Waals surface area contributed by atoms with Gasteiger partial charge in [-0.1, -0.05) is 23.8 Å². The number of anilines is 1. The monoisotopic (exact) mass is 498 g/mol. The minimum atomic E-state index is -0.613. The molecule has 3 aromatic carbocycles. The van der Waals surface area contributed by atoms with Gasteiger partial charge in [-0.3, -0.25) is 14.2 Å². The van der Waals surface area contributed by atoms with E-state index in [0.717, 1.165) is 15.6 Å². The molecular weight excluding hydrogens is 472 g/mol. The summed E-state index contributed by atoms with van der Waals surface area (Å²) < 4.78 is 14.8. The number of methoxy groups -OCH3 is 2. The van der Waals surface area contributed by atoms with Crippen molar-refractivity contribution >= 4 is 33.5 Å². The fraction of sp³-hybridized carbons (Fsp3) is 0.179. The molecule has 2 heterocycles. The molecule has 0 unspecified atom stereocenters. The van der Waals surface area contributed by atoms with Gasteiger partial charge in [-0.15, -0.1) is 0 Å². The molecule has 0 aliphatic carbocycles. The van der Waals surface area contributed by atoms with Crippen LogP contribution in [0.15, 0.2) is 76.3 Å². The quantitative estimate of drug-likeness (QED) is 0.386. The molecule has 1 N–H and O–H groups in total. The summed E-state index contributed by atoms with van der Waals surface area (Å²) >= 11 is 0. The highest BCUT2D eigenvalue weighted by atomic mass is 16.5. The van der Waals surface area contributed by atoms with Crippen molar-refractivity contribution in [1.82, 2.24) is 13.7 Å². The van der Waals surface area contributed by atoms with E-state index in [0.29, 0.717) is 39.3 Å². The van der Waals surface area contributed by atoms with Gasteiger partial charge in [-0.05, 0) is 49.4 Å². The summed E-state index contributed by atoms with van der Waals surface area (Å²) in [7, 11) is 4.86. The van der Waals surface area contributed by atoms with Crippen molar-refractivity contribution in [3.63, 3.8) is 0 Å². The van der Waals surface area contributed by atoms with Gasteiger partial charge in [0, 0.05) is 24.2 Å². The lowest BCUT2D eigenvalue weighted by molar-refractivity contribution is -0.116. The predicted molar refractivity (Wildman–Crippen MR) is 143 cm³/mol. The van der Waals surface area contributed by atoms with Gasteiger partial charge in [-0.25, -0.2) is 9.36 Å². The smallest absolute Gasteiger partial charge is 0.336 e. The van der Waals surface area contributed by atoms with Crippen LogP contribution in [0.5, 0.6) is 11.5 Å². The molecule has 0 fully saturated rings. The van der Waals surface area contributed by atoms with Gasteiger partial charge < -0.3 is 19.4 Å². The Hall–Kier alpha value is -4.79. The normalized spacial score (nSPS) is 11.1. The van der Waals surface area contributed by atoms with E-state index in [1.54, 1.807) is 74.4 Å². The van der Waals surface area contributed by atoms with E-state index in [1.165, 1.54) is 4.57 Å². The number of nitrogens with one attached hydrogen (secondary N) is 1. The second-order valence-electron chi connectivity index (χ2n) is 8.76. The number of aromatic nitrogens is 3. The lowest BCUT2D eigenvalue weighted by Crippen LogP contribution is -2.41. The fourth-order valence-corrected chi connectivity index (χ4v) is 4.57. The van der Waals surface area contributed by atoms with E-state index in [4.69, 9.17) is 9.47 Å². The van der Waals surface area contributed by atoms with Crippen molar-refractivity contribution in [2.75, 3.05) is 19.5 Å². The van der Waals surface area contributed by atoms with E-state index in [1.807, 2.05) is 25.1 Å². The maximum Gasteiger partial charge on any atom is 0.336 e. The second kappa shape index (κ2) is 9.34. The van der Waals surface area contributed by atoms with Crippen LogP contribution in [-0.4, -0.2) is 33.8 Å². The van der Waals surface area contributed by atoms with E-state index in [-0.39, 0.29) is 6.54 Å². The first kappa shape index (κ1) is 23.9. The molecule has 0 saturated heterocycles. The van der Waals surface area contributed by atoms with Gasteiger partial charge in [0.15, 0.2) is 0 Å². The topological polar surface area (TPSA) is 96.5 Å². The number of rotatable bonds is 6. The Balaban J connectivity index is 1.76. The van der Waals surface area contributed by atoms with Crippen LogP contribution in [0.2, 0.25) is 0 Å². The van der Waals surface area contributed by atoms with Gasteiger partial charge in [0.2, 0.25) is 5.91 Å². The second-order valence-corrected chi connectivity index (χ2v) is 8.76. The maximum atomic E-state index is 13.9. The third-order valence-corrected chi connectivity index (χ3v) is 6.43. The molecule has 0 spiro atoms. The van der Waals surface area contributed by atoms with Crippen LogP contribution in [0.3, 0.4) is 0 Å². The van der Waals surface area contributed by atoms with Crippen molar-refractivity contribution in [1.29, 1.82) is 0 Å². The fourth-order valence-electron chi connectivity index (χ4n) is 4.57. The molecule has 188 valence electrons. The third kappa shape index (κ3) is 4.14. The van der Waals surface area contributed by atoms with Crippen LogP contribution in [0.4, 0.5) is 5.69 Å². The number of hydrogen-bond acceptors (Lipinski definition) is 5. The average molecular weight is 499 g/mol. The van der Waals surface area contributed by atoms with Crippen molar-refractivity contribution in [3.8, 4) is 17.2 Å². The lowest BCUT2D eigenvalue weighted by atomic mass is 10.2. The number of aryl methyl sites for hydroxylation is 2. The van der Waals surface area contributed by atoms with E-state index >= 15 is 0 Å². The van der Waals surface area contributed by atoms with Gasteiger partial charge in [0.1, 0.15) is 23.6 Å². The van der Waals surface area contributed by atoms with Crippen LogP contribution in [0.1, 0.15) is 5.56 Å². The van der Waals surface area contributed by atoms with Crippen LogP contribution >= 0.6 is 0 Å². The standard InChI is InChI=1S/C28H26N4O5/c1-17-8-10-19(11-9-17)32-27(34)26-25(22-15-21(37-4)12-13-23(22)30(26)2)31(28(32)35)16-24(33)29-18-6-5-7-20(14-18)36-3/h5-15H,16H2,1-4H3,(H,29,33). The van der Waals surface area contributed by atoms with Crippen LogP contribution < -0.4 is 26.0 Å². The predicted octanol–water partition coefficient (Wildman–Crippen LogP) is 3.61. The van der Waals surface area contributed by atoms with Crippen molar-refractivity contribution in [2.45, 2.75) is 13.5 Å². The molecule has 0 aliphatic heterocycles. The molecule has 0 aliphatic rings. The Morgan fingerprint density at radius 3 is 2.30 bits per heavy atom. The average Bonchev–Trinajstić information content (AvgIpc) is 3.19. The molecule has 5 rings (SSSR count). The minimum Gasteiger partial charge on any atom is -0.497 e. The molecular formula is C28H26N4O5. The lowest BCUT2D eigenvalue weighted by Gasteiger charge is -2.14. The zero-order chi connectivity index (χ0) is 26.3. The Morgan fingerprint density at radius 2 is 1.59 bits per heavy atom. The minimum absolute atomic E-state index is 0.303. The molecule has 2 aromatic heterocycles. The van der Waals surface area contributed by atoms with E-state index in [2.05, 4.69) is 5.32 Å². The summed E-state index contributed by atoms with van der Waals surface area (Å²) in [5.41, 5.74) is 2.27. The van der Waals surface area contributed by atoms with Gasteiger partial charge >= 0.3 is 5.69 Å². The number of carbonyl (C=O) groups excluding carboxylic acids is 1. The third-order valence-electron chi connectivity index (χ3n) is 6.43. The molecule has 9 heteroatoms. The molecule has 9 nitrogen and oxygen atoms in total. The highest BCUT2D eigenvalue weighted by Gasteiger charge is 2.23. The number of hydrogen-bond donors (Lipinski definition) is 1. The Bertz CT molecular complexity index is 1780. The zero-order valence-electron chi connectivity index (χ0n) is 20.9. The summed E-state index contributed by atoms with van der Waals surface area (Å²) in [4.78, 5) is 40.8. The van der Waals surface area contributed by atoms with E-state index in [9.17, 15) is 14.4 Å². The number of ether oxygens (including phenoxy) is 2. The highest BCUT2D eigenvalue weighted by molar-refractivity contribution is 6.07. The molecule has 37 heavy (non-hydrogen) atoms. The Kier molecular flexibility index (Phi) is 6.04. The van der Waals surface area contributed by atoms with Crippen molar-refractivity contribution in [2.24, 2.45) is 7.05 Å². The van der Waals surface area contributed by atoms with E-state index < -0.39 is 17.2 Å². The largest absolute Gasteiger partial charge is 0.497 e. The Morgan fingerprint density at radius 1 is 0.892 bits per heavy atom. The first-order valence-electron chi connectivity index (χ1n) is 11.7. The van der Waals surface area contributed by atoms with Gasteiger partial charge in [0.25, 0.3) is 5.56 Å². The van der Waals surface area contributed by atoms with Gasteiger partial charge in [-0.2, -0.15) is 0 Å². The maximum absolute atomic E-state index is 13.9. The van der Waals surface area contributed by atoms with Crippen molar-refractivity contribution in [3.05, 3.63) is 93.1 Å². The zero-order valence-corrected chi connectivity index (χ0v) is 20.9. The highest BCUT2D eigenvalue weighted by Crippen LogP contribution is 2.29. The molecule has 0 bridgehead atoms.